The van der Waals surface area contributed by atoms with E-state index in [1.165, 1.54) is 20.2 Å². The zero-order valence-electron chi connectivity index (χ0n) is 10.6. The number of hydrogen-bond acceptors (Lipinski definition) is 3. The highest BCUT2D eigenvalue weighted by atomic mass is 32.1. The van der Waals surface area contributed by atoms with Gasteiger partial charge < -0.3 is 5.11 Å². The Balaban J connectivity index is 1.95. The van der Waals surface area contributed by atoms with Crippen molar-refractivity contribution in [3.8, 4) is 0 Å². The van der Waals surface area contributed by atoms with E-state index in [0.29, 0.717) is 6.42 Å². The Labute approximate surface area is 119 Å². The molecule has 20 heavy (non-hydrogen) atoms. The van der Waals surface area contributed by atoms with E-state index in [9.17, 15) is 9.59 Å². The van der Waals surface area contributed by atoms with Crippen LogP contribution in [0.4, 0.5) is 0 Å². The molecule has 0 aliphatic heterocycles. The van der Waals surface area contributed by atoms with Crippen LogP contribution < -0.4 is 0 Å². The fourth-order valence-electron chi connectivity index (χ4n) is 2.29. The van der Waals surface area contributed by atoms with Crippen molar-refractivity contribution in [2.75, 3.05) is 0 Å². The van der Waals surface area contributed by atoms with Crippen molar-refractivity contribution in [3.05, 3.63) is 48.0 Å². The molecule has 0 saturated heterocycles. The highest BCUT2D eigenvalue weighted by molar-refractivity contribution is 7.25. The number of carbonyl (C=O) groups excluding carboxylic acids is 1. The first-order chi connectivity index (χ1) is 9.65. The summed E-state index contributed by atoms with van der Waals surface area (Å²) in [6.07, 6.45) is 0.508. The van der Waals surface area contributed by atoms with E-state index in [2.05, 4.69) is 18.2 Å². The third-order valence-electron chi connectivity index (χ3n) is 3.32. The van der Waals surface area contributed by atoms with Crippen LogP contribution in [0, 0.1) is 0 Å². The molecule has 0 aliphatic rings. The van der Waals surface area contributed by atoms with Crippen LogP contribution in [-0.4, -0.2) is 16.9 Å². The maximum absolute atomic E-state index is 11.1. The second kappa shape index (κ2) is 5.06. The van der Waals surface area contributed by atoms with Gasteiger partial charge in [0.2, 0.25) is 5.78 Å². The molecule has 1 N–H and O–H groups in total. The molecule has 1 heterocycles. The average molecular weight is 284 g/mol. The number of fused-ring (bicyclic) bond motifs is 3. The summed E-state index contributed by atoms with van der Waals surface area (Å²) < 4.78 is 2.45. The fourth-order valence-corrected chi connectivity index (χ4v) is 3.38. The van der Waals surface area contributed by atoms with E-state index in [4.69, 9.17) is 5.11 Å². The second-order valence-electron chi connectivity index (χ2n) is 4.66. The number of carboxylic acid groups (broad SMARTS) is 1. The molecular formula is C16H12O3S. The van der Waals surface area contributed by atoms with Gasteiger partial charge in [-0.25, -0.2) is 4.79 Å². The summed E-state index contributed by atoms with van der Waals surface area (Å²) in [5.74, 6) is -2.09. The fraction of sp³-hybridized carbons (Fsp3) is 0.125. The normalized spacial score (nSPS) is 11.0. The zero-order chi connectivity index (χ0) is 14.1. The lowest BCUT2D eigenvalue weighted by molar-refractivity contribution is -0.149. The topological polar surface area (TPSA) is 54.4 Å². The van der Waals surface area contributed by atoms with Crippen molar-refractivity contribution in [2.45, 2.75) is 12.8 Å². The van der Waals surface area contributed by atoms with Crippen LogP contribution in [0.25, 0.3) is 20.2 Å². The molecule has 0 radical (unpaired) electrons. The lowest BCUT2D eigenvalue weighted by Crippen LogP contribution is -2.12. The molecule has 4 heteroatoms. The van der Waals surface area contributed by atoms with Crippen molar-refractivity contribution in [1.82, 2.24) is 0 Å². The molecule has 100 valence electrons. The van der Waals surface area contributed by atoms with E-state index >= 15 is 0 Å². The lowest BCUT2D eigenvalue weighted by atomic mass is 10.0. The maximum atomic E-state index is 11.1. The van der Waals surface area contributed by atoms with Gasteiger partial charge in [-0.05, 0) is 30.2 Å². The Bertz CT molecular complexity index is 817. The molecule has 3 rings (SSSR count). The maximum Gasteiger partial charge on any atom is 0.372 e. The van der Waals surface area contributed by atoms with E-state index < -0.39 is 11.8 Å². The Morgan fingerprint density at radius 3 is 2.55 bits per heavy atom. The zero-order valence-corrected chi connectivity index (χ0v) is 11.4. The van der Waals surface area contributed by atoms with Crippen LogP contribution in [-0.2, 0) is 16.0 Å². The van der Waals surface area contributed by atoms with Gasteiger partial charge in [-0.3, -0.25) is 4.79 Å². The molecule has 0 spiro atoms. The van der Waals surface area contributed by atoms with Gasteiger partial charge in [-0.15, -0.1) is 11.3 Å². The first-order valence-corrected chi connectivity index (χ1v) is 7.13. The first kappa shape index (κ1) is 12.8. The summed E-state index contributed by atoms with van der Waals surface area (Å²) in [5, 5.41) is 11.0. The van der Waals surface area contributed by atoms with Gasteiger partial charge in [0.15, 0.2) is 0 Å². The molecule has 0 saturated carbocycles. The standard InChI is InChI=1S/C16H12O3S/c17-13(16(18)19)7-5-10-6-8-15-12(9-10)11-3-1-2-4-14(11)20-15/h1-4,6,8-9H,5,7H2,(H,18,19). The largest absolute Gasteiger partial charge is 0.476 e. The van der Waals surface area contributed by atoms with Crippen LogP contribution in [0.15, 0.2) is 42.5 Å². The predicted octanol–water partition coefficient (Wildman–Crippen LogP) is 3.64. The Morgan fingerprint density at radius 2 is 1.75 bits per heavy atom. The molecule has 3 nitrogen and oxygen atoms in total. The lowest BCUT2D eigenvalue weighted by Gasteiger charge is -2.00. The molecule has 0 fully saturated rings. The number of benzene rings is 2. The van der Waals surface area contributed by atoms with Crippen molar-refractivity contribution in [2.24, 2.45) is 0 Å². The van der Waals surface area contributed by atoms with E-state index in [1.54, 1.807) is 11.3 Å². The van der Waals surface area contributed by atoms with Crippen LogP contribution in [0.1, 0.15) is 12.0 Å². The summed E-state index contributed by atoms with van der Waals surface area (Å²) in [4.78, 5) is 21.7. The summed E-state index contributed by atoms with van der Waals surface area (Å²) in [5.41, 5.74) is 0.996. The Hall–Kier alpha value is -2.20. The molecule has 0 bridgehead atoms. The van der Waals surface area contributed by atoms with Crippen molar-refractivity contribution in [3.63, 3.8) is 0 Å². The Kier molecular flexibility index (Phi) is 3.24. The van der Waals surface area contributed by atoms with E-state index in [0.717, 1.165) is 5.56 Å². The Morgan fingerprint density at radius 1 is 1.00 bits per heavy atom. The second-order valence-corrected chi connectivity index (χ2v) is 5.74. The monoisotopic (exact) mass is 284 g/mol. The van der Waals surface area contributed by atoms with Gasteiger partial charge >= 0.3 is 5.97 Å². The van der Waals surface area contributed by atoms with Gasteiger partial charge in [0.1, 0.15) is 0 Å². The van der Waals surface area contributed by atoms with Crippen molar-refractivity contribution >= 4 is 43.3 Å². The molecular weight excluding hydrogens is 272 g/mol. The molecule has 0 atom stereocenters. The molecule has 0 unspecified atom stereocenters. The number of carboxylic acids is 1. The highest BCUT2D eigenvalue weighted by Gasteiger charge is 2.11. The van der Waals surface area contributed by atoms with E-state index in [1.807, 2.05) is 24.3 Å². The number of aliphatic carboxylic acids is 1. The average Bonchev–Trinajstić information content (AvgIpc) is 2.82. The third kappa shape index (κ3) is 2.30. The SMILES string of the molecule is O=C(O)C(=O)CCc1ccc2sc3ccccc3c2c1. The minimum atomic E-state index is -1.35. The number of rotatable bonds is 4. The number of Topliss-reactive ketones (excluding diaryl/α,β-unsaturated/α-hetero) is 1. The summed E-state index contributed by atoms with van der Waals surface area (Å²) in [6, 6.07) is 14.3. The predicted molar refractivity (Wildman–Crippen MR) is 80.3 cm³/mol. The van der Waals surface area contributed by atoms with Crippen molar-refractivity contribution in [1.29, 1.82) is 0 Å². The van der Waals surface area contributed by atoms with Crippen molar-refractivity contribution < 1.29 is 14.7 Å². The van der Waals surface area contributed by atoms with E-state index in [-0.39, 0.29) is 6.42 Å². The summed E-state index contributed by atoms with van der Waals surface area (Å²) in [6.45, 7) is 0. The van der Waals surface area contributed by atoms with Crippen LogP contribution in [0.5, 0.6) is 0 Å². The molecule has 0 amide bonds. The smallest absolute Gasteiger partial charge is 0.372 e. The number of hydrogen-bond donors (Lipinski definition) is 1. The number of thiophene rings is 1. The number of carbonyl (C=O) groups is 2. The minimum Gasteiger partial charge on any atom is -0.476 e. The summed E-state index contributed by atoms with van der Waals surface area (Å²) >= 11 is 1.74. The third-order valence-corrected chi connectivity index (χ3v) is 4.47. The number of aryl methyl sites for hydroxylation is 1. The van der Waals surface area contributed by atoms with Gasteiger partial charge in [-0.1, -0.05) is 24.3 Å². The first-order valence-electron chi connectivity index (χ1n) is 6.31. The molecule has 3 aromatic rings. The highest BCUT2D eigenvalue weighted by Crippen LogP contribution is 2.34. The van der Waals surface area contributed by atoms with Gasteiger partial charge in [0.25, 0.3) is 0 Å². The van der Waals surface area contributed by atoms with Crippen LogP contribution >= 0.6 is 11.3 Å². The van der Waals surface area contributed by atoms with Gasteiger partial charge in [-0.2, -0.15) is 0 Å². The minimum absolute atomic E-state index is 0.0446. The molecule has 2 aromatic carbocycles. The molecule has 0 aliphatic carbocycles. The number of ketones is 1. The summed E-state index contributed by atoms with van der Waals surface area (Å²) in [7, 11) is 0. The van der Waals surface area contributed by atoms with Gasteiger partial charge in [0, 0.05) is 26.6 Å². The van der Waals surface area contributed by atoms with Crippen LogP contribution in [0.3, 0.4) is 0 Å². The van der Waals surface area contributed by atoms with Gasteiger partial charge in [0.05, 0.1) is 0 Å². The van der Waals surface area contributed by atoms with Crippen LogP contribution in [0.2, 0.25) is 0 Å². The quantitative estimate of drug-likeness (QED) is 0.744. The molecule has 1 aromatic heterocycles.